The fourth-order valence-electron chi connectivity index (χ4n) is 3.73. The summed E-state index contributed by atoms with van der Waals surface area (Å²) in [5.41, 5.74) is 2.61. The predicted octanol–water partition coefficient (Wildman–Crippen LogP) is 6.83. The number of rotatable bonds is 6. The number of nitrogens with zero attached hydrogens (tertiary/aromatic N) is 1. The van der Waals surface area contributed by atoms with Gasteiger partial charge in [-0.25, -0.2) is 4.98 Å². The molecule has 2 aromatic heterocycles. The van der Waals surface area contributed by atoms with Gasteiger partial charge in [0.05, 0.1) is 15.6 Å². The van der Waals surface area contributed by atoms with Crippen LogP contribution in [-0.2, 0) is 4.79 Å². The zero-order valence-electron chi connectivity index (χ0n) is 19.0. The van der Waals surface area contributed by atoms with Crippen LogP contribution < -0.4 is 15.5 Å². The third-order valence-electron chi connectivity index (χ3n) is 5.57. The molecule has 5 rings (SSSR count). The van der Waals surface area contributed by atoms with Gasteiger partial charge in [0.25, 0.3) is 5.91 Å². The number of carbonyl (C=O) groups is 1. The van der Waals surface area contributed by atoms with E-state index in [2.05, 4.69) is 10.3 Å². The third-order valence-corrected chi connectivity index (χ3v) is 6.74. The first-order chi connectivity index (χ1) is 16.9. The summed E-state index contributed by atoms with van der Waals surface area (Å²) in [6, 6.07) is 19.9. The molecule has 0 fully saturated rings. The molecule has 0 aliphatic heterocycles. The van der Waals surface area contributed by atoms with Gasteiger partial charge in [-0.15, -0.1) is 0 Å². The number of halogens is 1. The minimum atomic E-state index is -0.932. The zero-order valence-corrected chi connectivity index (χ0v) is 20.6. The fourth-order valence-corrected chi connectivity index (χ4v) is 4.87. The summed E-state index contributed by atoms with van der Waals surface area (Å²) in [4.78, 5) is 31.0. The molecule has 0 saturated heterocycles. The molecule has 35 heavy (non-hydrogen) atoms. The Morgan fingerprint density at radius 3 is 2.69 bits per heavy atom. The van der Waals surface area contributed by atoms with Gasteiger partial charge in [0, 0.05) is 10.6 Å². The van der Waals surface area contributed by atoms with E-state index in [9.17, 15) is 9.59 Å². The Labute approximate surface area is 210 Å². The van der Waals surface area contributed by atoms with Gasteiger partial charge in [0.2, 0.25) is 11.2 Å². The molecular formula is C27H21ClN2O4S. The molecule has 1 unspecified atom stereocenters. The third kappa shape index (κ3) is 4.65. The fraction of sp³-hybridized carbons (Fsp3) is 0.148. The number of benzene rings is 3. The largest absolute Gasteiger partial charge is 0.473 e. The lowest BCUT2D eigenvalue weighted by molar-refractivity contribution is -0.122. The van der Waals surface area contributed by atoms with Crippen LogP contribution in [0.4, 0.5) is 5.13 Å². The second kappa shape index (κ2) is 9.52. The number of thiazole rings is 1. The highest BCUT2D eigenvalue weighted by atomic mass is 35.5. The van der Waals surface area contributed by atoms with Crippen molar-refractivity contribution in [2.24, 2.45) is 0 Å². The summed E-state index contributed by atoms with van der Waals surface area (Å²) < 4.78 is 13.1. The number of hydrogen-bond acceptors (Lipinski definition) is 6. The number of aryl methyl sites for hydroxylation is 1. The first-order valence-corrected chi connectivity index (χ1v) is 12.3. The second-order valence-electron chi connectivity index (χ2n) is 8.09. The highest BCUT2D eigenvalue weighted by molar-refractivity contribution is 7.22. The molecule has 1 N–H and O–H groups in total. The summed E-state index contributed by atoms with van der Waals surface area (Å²) >= 11 is 7.38. The van der Waals surface area contributed by atoms with Crippen molar-refractivity contribution in [2.75, 3.05) is 5.32 Å². The summed E-state index contributed by atoms with van der Waals surface area (Å²) in [6.07, 6.45) is -0.596. The molecule has 5 aromatic rings. The highest BCUT2D eigenvalue weighted by Gasteiger charge is 2.25. The van der Waals surface area contributed by atoms with Crippen molar-refractivity contribution in [1.29, 1.82) is 0 Å². The average molecular weight is 505 g/mol. The van der Waals surface area contributed by atoms with Crippen LogP contribution in [0.2, 0.25) is 5.02 Å². The van der Waals surface area contributed by atoms with E-state index < -0.39 is 12.0 Å². The van der Waals surface area contributed by atoms with Crippen LogP contribution in [0.3, 0.4) is 0 Å². The van der Waals surface area contributed by atoms with Gasteiger partial charge in [-0.2, -0.15) is 0 Å². The van der Waals surface area contributed by atoms with E-state index in [0.717, 1.165) is 15.8 Å². The molecule has 6 nitrogen and oxygen atoms in total. The standard InChI is InChI=1S/C27H21ClN2O4S/c1-3-20(26(32)30-27-29-19-13-12-17(28)14-22(19)35-27)33-25-23(31)18-6-4-5-7-21(18)34-24(25)16-10-8-15(2)9-11-16/h4-14,20H,3H2,1-2H3,(H,29,30,32). The topological polar surface area (TPSA) is 81.4 Å². The maximum Gasteiger partial charge on any atom is 0.267 e. The highest BCUT2D eigenvalue weighted by Crippen LogP contribution is 2.33. The first-order valence-electron chi connectivity index (χ1n) is 11.1. The summed E-state index contributed by atoms with van der Waals surface area (Å²) in [5.74, 6) is -0.111. The molecular weight excluding hydrogens is 484 g/mol. The van der Waals surface area contributed by atoms with Crippen LogP contribution in [0.25, 0.3) is 32.5 Å². The van der Waals surface area contributed by atoms with Gasteiger partial charge in [0.15, 0.2) is 17.0 Å². The number of amides is 1. The molecule has 0 saturated carbocycles. The maximum atomic E-state index is 13.4. The van der Waals surface area contributed by atoms with Crippen LogP contribution >= 0.6 is 22.9 Å². The Bertz CT molecular complexity index is 1610. The average Bonchev–Trinajstić information content (AvgIpc) is 3.25. The molecule has 2 heterocycles. The Morgan fingerprint density at radius 1 is 1.14 bits per heavy atom. The SMILES string of the molecule is CCC(Oc1c(-c2ccc(C)cc2)oc2ccccc2c1=O)C(=O)Nc1nc2ccc(Cl)cc2s1. The van der Waals surface area contributed by atoms with Gasteiger partial charge < -0.3 is 9.15 Å². The van der Waals surface area contributed by atoms with E-state index in [1.165, 1.54) is 11.3 Å². The van der Waals surface area contributed by atoms with Gasteiger partial charge in [0.1, 0.15) is 5.58 Å². The molecule has 0 spiro atoms. The number of carbonyl (C=O) groups excluding carboxylic acids is 1. The molecule has 1 atom stereocenters. The molecule has 0 aliphatic carbocycles. The van der Waals surface area contributed by atoms with E-state index in [0.29, 0.717) is 33.1 Å². The Hall–Kier alpha value is -3.68. The molecule has 176 valence electrons. The Kier molecular flexibility index (Phi) is 6.28. The smallest absolute Gasteiger partial charge is 0.267 e. The number of fused-ring (bicyclic) bond motifs is 2. The van der Waals surface area contributed by atoms with Crippen LogP contribution in [0, 0.1) is 6.92 Å². The number of nitrogens with one attached hydrogen (secondary N) is 1. The molecule has 8 heteroatoms. The van der Waals surface area contributed by atoms with E-state index >= 15 is 0 Å². The molecule has 0 bridgehead atoms. The number of aromatic nitrogens is 1. The number of para-hydroxylation sites is 1. The molecule has 0 aliphatic rings. The van der Waals surface area contributed by atoms with Crippen LogP contribution in [-0.4, -0.2) is 17.0 Å². The van der Waals surface area contributed by atoms with Crippen molar-refractivity contribution in [3.05, 3.63) is 87.5 Å². The van der Waals surface area contributed by atoms with Gasteiger partial charge in [-0.05, 0) is 43.7 Å². The van der Waals surface area contributed by atoms with Gasteiger partial charge in [-0.3, -0.25) is 14.9 Å². The minimum absolute atomic E-state index is 0.00522. The van der Waals surface area contributed by atoms with E-state index in [1.54, 1.807) is 42.5 Å². The van der Waals surface area contributed by atoms with Crippen molar-refractivity contribution in [3.8, 4) is 17.1 Å². The van der Waals surface area contributed by atoms with Crippen LogP contribution in [0.15, 0.2) is 75.9 Å². The van der Waals surface area contributed by atoms with E-state index in [-0.39, 0.29) is 16.9 Å². The van der Waals surface area contributed by atoms with E-state index in [1.807, 2.05) is 38.1 Å². The van der Waals surface area contributed by atoms with Crippen molar-refractivity contribution in [2.45, 2.75) is 26.4 Å². The minimum Gasteiger partial charge on any atom is -0.473 e. The van der Waals surface area contributed by atoms with Crippen molar-refractivity contribution >= 4 is 55.2 Å². The zero-order chi connectivity index (χ0) is 24.5. The van der Waals surface area contributed by atoms with Crippen molar-refractivity contribution in [3.63, 3.8) is 0 Å². The number of hydrogen-bond donors (Lipinski definition) is 1. The van der Waals surface area contributed by atoms with Crippen LogP contribution in [0.1, 0.15) is 18.9 Å². The number of anilines is 1. The van der Waals surface area contributed by atoms with Crippen molar-refractivity contribution < 1.29 is 13.9 Å². The quantitative estimate of drug-likeness (QED) is 0.274. The summed E-state index contributed by atoms with van der Waals surface area (Å²) in [5, 5.41) is 4.23. The molecule has 3 aromatic carbocycles. The molecule has 1 amide bonds. The summed E-state index contributed by atoms with van der Waals surface area (Å²) in [7, 11) is 0. The lowest BCUT2D eigenvalue weighted by Crippen LogP contribution is -2.34. The Balaban J connectivity index is 1.51. The normalized spacial score (nSPS) is 12.1. The van der Waals surface area contributed by atoms with Crippen LogP contribution in [0.5, 0.6) is 5.75 Å². The predicted molar refractivity (Wildman–Crippen MR) is 141 cm³/mol. The van der Waals surface area contributed by atoms with Crippen molar-refractivity contribution in [1.82, 2.24) is 4.98 Å². The van der Waals surface area contributed by atoms with Gasteiger partial charge >= 0.3 is 0 Å². The summed E-state index contributed by atoms with van der Waals surface area (Å²) in [6.45, 7) is 3.79. The lowest BCUT2D eigenvalue weighted by atomic mass is 10.1. The first kappa shape index (κ1) is 23.1. The van der Waals surface area contributed by atoms with Gasteiger partial charge in [-0.1, -0.05) is 71.8 Å². The maximum absolute atomic E-state index is 13.4. The monoisotopic (exact) mass is 504 g/mol. The lowest BCUT2D eigenvalue weighted by Gasteiger charge is -2.18. The van der Waals surface area contributed by atoms with E-state index in [4.69, 9.17) is 20.8 Å². The Morgan fingerprint density at radius 2 is 1.91 bits per heavy atom. The molecule has 0 radical (unpaired) electrons. The second-order valence-corrected chi connectivity index (χ2v) is 9.55. The number of ether oxygens (including phenoxy) is 1.